The molecule has 1 rings (SSSR count). The first kappa shape index (κ1) is 15.2. The van der Waals surface area contributed by atoms with E-state index in [-0.39, 0.29) is 0 Å². The fraction of sp³-hybridized carbons (Fsp3) is 0.400. The maximum atomic E-state index is 9.84. The summed E-state index contributed by atoms with van der Waals surface area (Å²) < 4.78 is 5.09. The zero-order valence-corrected chi connectivity index (χ0v) is 11.5. The third-order valence-electron chi connectivity index (χ3n) is 2.87. The van der Waals surface area contributed by atoms with Crippen LogP contribution < -0.4 is 4.90 Å². The van der Waals surface area contributed by atoms with E-state index >= 15 is 0 Å². The van der Waals surface area contributed by atoms with Gasteiger partial charge in [-0.15, -0.1) is 6.58 Å². The fourth-order valence-corrected chi connectivity index (χ4v) is 1.91. The summed E-state index contributed by atoms with van der Waals surface area (Å²) in [7, 11) is 1.65. The van der Waals surface area contributed by atoms with Crippen LogP contribution in [0.15, 0.2) is 30.9 Å². The molecule has 0 aliphatic carbocycles. The van der Waals surface area contributed by atoms with Gasteiger partial charge in [0.15, 0.2) is 0 Å². The highest BCUT2D eigenvalue weighted by molar-refractivity contribution is 5.58. The zero-order valence-electron chi connectivity index (χ0n) is 11.5. The Morgan fingerprint density at radius 3 is 2.84 bits per heavy atom. The molecule has 0 fully saturated rings. The lowest BCUT2D eigenvalue weighted by Gasteiger charge is -2.26. The van der Waals surface area contributed by atoms with Gasteiger partial charge in [-0.05, 0) is 19.1 Å². The van der Waals surface area contributed by atoms with Gasteiger partial charge < -0.3 is 14.7 Å². The summed E-state index contributed by atoms with van der Waals surface area (Å²) in [5.41, 5.74) is 2.23. The van der Waals surface area contributed by atoms with E-state index < -0.39 is 6.10 Å². The van der Waals surface area contributed by atoms with E-state index in [0.717, 1.165) is 11.3 Å². The predicted molar refractivity (Wildman–Crippen MR) is 76.1 cm³/mol. The number of benzene rings is 1. The van der Waals surface area contributed by atoms with E-state index in [4.69, 9.17) is 10.00 Å². The molecule has 0 amide bonds. The molecule has 0 saturated heterocycles. The number of anilines is 1. The number of hydrogen-bond donors (Lipinski definition) is 1. The topological polar surface area (TPSA) is 56.5 Å². The van der Waals surface area contributed by atoms with Gasteiger partial charge in [-0.3, -0.25) is 0 Å². The SMILES string of the molecule is C=CCN(CCOC)c1cc(C#N)ccc1C(C)O. The van der Waals surface area contributed by atoms with Crippen molar-refractivity contribution in [2.45, 2.75) is 13.0 Å². The van der Waals surface area contributed by atoms with E-state index in [1.165, 1.54) is 0 Å². The van der Waals surface area contributed by atoms with E-state index in [0.29, 0.717) is 25.3 Å². The third-order valence-corrected chi connectivity index (χ3v) is 2.87. The van der Waals surface area contributed by atoms with Crippen molar-refractivity contribution in [3.05, 3.63) is 42.0 Å². The molecule has 1 atom stereocenters. The van der Waals surface area contributed by atoms with E-state index in [1.807, 2.05) is 4.90 Å². The van der Waals surface area contributed by atoms with Crippen molar-refractivity contribution in [2.75, 3.05) is 31.7 Å². The number of methoxy groups -OCH3 is 1. The average Bonchev–Trinajstić information content (AvgIpc) is 2.42. The maximum absolute atomic E-state index is 9.84. The Labute approximate surface area is 114 Å². The molecular formula is C15H20N2O2. The summed E-state index contributed by atoms with van der Waals surface area (Å²) in [6.45, 7) is 7.34. The summed E-state index contributed by atoms with van der Waals surface area (Å²) in [5, 5.41) is 18.8. The standard InChI is InChI=1S/C15H20N2O2/c1-4-7-17(8-9-19-3)15-10-13(11-16)5-6-14(15)12(2)18/h4-6,10,12,18H,1,7-9H2,2-3H3. The van der Waals surface area contributed by atoms with E-state index in [1.54, 1.807) is 38.3 Å². The number of nitriles is 1. The highest BCUT2D eigenvalue weighted by atomic mass is 16.5. The molecule has 0 saturated carbocycles. The predicted octanol–water partition coefficient (Wildman–Crippen LogP) is 2.25. The molecule has 0 aromatic heterocycles. The van der Waals surface area contributed by atoms with Crippen LogP contribution in [0.25, 0.3) is 0 Å². The summed E-state index contributed by atoms with van der Waals surface area (Å²) in [5.74, 6) is 0. The van der Waals surface area contributed by atoms with Gasteiger partial charge in [0, 0.05) is 31.5 Å². The van der Waals surface area contributed by atoms with Crippen LogP contribution in [0.4, 0.5) is 5.69 Å². The molecule has 4 heteroatoms. The van der Waals surface area contributed by atoms with Crippen molar-refractivity contribution >= 4 is 5.69 Å². The van der Waals surface area contributed by atoms with Crippen LogP contribution in [-0.4, -0.2) is 31.9 Å². The number of ether oxygens (including phenoxy) is 1. The van der Waals surface area contributed by atoms with Crippen molar-refractivity contribution in [3.63, 3.8) is 0 Å². The molecule has 0 heterocycles. The Bertz CT molecular complexity index is 464. The van der Waals surface area contributed by atoms with Crippen molar-refractivity contribution in [2.24, 2.45) is 0 Å². The second-order valence-electron chi connectivity index (χ2n) is 4.29. The Morgan fingerprint density at radius 2 is 2.32 bits per heavy atom. The number of hydrogen-bond acceptors (Lipinski definition) is 4. The first-order valence-corrected chi connectivity index (χ1v) is 6.21. The lowest BCUT2D eigenvalue weighted by molar-refractivity contribution is 0.197. The molecule has 0 aliphatic rings. The quantitative estimate of drug-likeness (QED) is 0.764. The fourth-order valence-electron chi connectivity index (χ4n) is 1.91. The van der Waals surface area contributed by atoms with Gasteiger partial charge >= 0.3 is 0 Å². The van der Waals surface area contributed by atoms with Crippen LogP contribution in [0.5, 0.6) is 0 Å². The Balaban J connectivity index is 3.17. The van der Waals surface area contributed by atoms with Gasteiger partial charge in [0.2, 0.25) is 0 Å². The largest absolute Gasteiger partial charge is 0.389 e. The van der Waals surface area contributed by atoms with Crippen LogP contribution in [0.3, 0.4) is 0 Å². The van der Waals surface area contributed by atoms with Crippen molar-refractivity contribution < 1.29 is 9.84 Å². The van der Waals surface area contributed by atoms with E-state index in [2.05, 4.69) is 12.6 Å². The molecule has 1 N–H and O–H groups in total. The molecule has 0 spiro atoms. The molecule has 1 aromatic carbocycles. The molecule has 1 aromatic rings. The zero-order chi connectivity index (χ0) is 14.3. The minimum atomic E-state index is -0.586. The van der Waals surface area contributed by atoms with Gasteiger partial charge in [-0.2, -0.15) is 5.26 Å². The van der Waals surface area contributed by atoms with Crippen molar-refractivity contribution in [1.82, 2.24) is 0 Å². The number of nitrogens with zero attached hydrogens (tertiary/aromatic N) is 2. The van der Waals surface area contributed by atoms with Gasteiger partial charge in [-0.1, -0.05) is 12.1 Å². The highest BCUT2D eigenvalue weighted by Gasteiger charge is 2.14. The first-order chi connectivity index (χ1) is 9.13. The second kappa shape index (κ2) is 7.57. The molecule has 102 valence electrons. The average molecular weight is 260 g/mol. The molecule has 1 unspecified atom stereocenters. The van der Waals surface area contributed by atoms with Gasteiger partial charge in [0.1, 0.15) is 0 Å². The third kappa shape index (κ3) is 4.09. The van der Waals surface area contributed by atoms with Gasteiger partial charge in [-0.25, -0.2) is 0 Å². The molecular weight excluding hydrogens is 240 g/mol. The van der Waals surface area contributed by atoms with Crippen molar-refractivity contribution in [3.8, 4) is 6.07 Å². The monoisotopic (exact) mass is 260 g/mol. The van der Waals surface area contributed by atoms with Crippen LogP contribution in [0.2, 0.25) is 0 Å². The number of aliphatic hydroxyl groups is 1. The number of aliphatic hydroxyl groups excluding tert-OH is 1. The minimum absolute atomic E-state index is 0.573. The van der Waals surface area contributed by atoms with Gasteiger partial charge in [0.05, 0.1) is 24.3 Å². The summed E-state index contributed by atoms with van der Waals surface area (Å²) in [6.07, 6.45) is 1.21. The Morgan fingerprint density at radius 1 is 1.58 bits per heavy atom. The van der Waals surface area contributed by atoms with Crippen LogP contribution in [-0.2, 0) is 4.74 Å². The smallest absolute Gasteiger partial charge is 0.0992 e. The summed E-state index contributed by atoms with van der Waals surface area (Å²) >= 11 is 0. The summed E-state index contributed by atoms with van der Waals surface area (Å²) in [4.78, 5) is 2.04. The summed E-state index contributed by atoms with van der Waals surface area (Å²) in [6, 6.07) is 7.42. The van der Waals surface area contributed by atoms with Crippen LogP contribution in [0.1, 0.15) is 24.2 Å². The van der Waals surface area contributed by atoms with Crippen LogP contribution >= 0.6 is 0 Å². The normalized spacial score (nSPS) is 11.7. The molecule has 19 heavy (non-hydrogen) atoms. The molecule has 0 aliphatic heterocycles. The molecule has 0 radical (unpaired) electrons. The van der Waals surface area contributed by atoms with E-state index in [9.17, 15) is 5.11 Å². The van der Waals surface area contributed by atoms with Crippen LogP contribution in [0, 0.1) is 11.3 Å². The Kier molecular flexibility index (Phi) is 6.07. The number of rotatable bonds is 7. The maximum Gasteiger partial charge on any atom is 0.0992 e. The van der Waals surface area contributed by atoms with Gasteiger partial charge in [0.25, 0.3) is 0 Å². The van der Waals surface area contributed by atoms with Crippen molar-refractivity contribution in [1.29, 1.82) is 5.26 Å². The molecule has 0 bridgehead atoms. The lowest BCUT2D eigenvalue weighted by atomic mass is 10.0. The first-order valence-electron chi connectivity index (χ1n) is 6.21. The second-order valence-corrected chi connectivity index (χ2v) is 4.29. The highest BCUT2D eigenvalue weighted by Crippen LogP contribution is 2.27. The molecule has 4 nitrogen and oxygen atoms in total. The minimum Gasteiger partial charge on any atom is -0.389 e. The lowest BCUT2D eigenvalue weighted by Crippen LogP contribution is -2.28. The Hall–Kier alpha value is -1.83.